The van der Waals surface area contributed by atoms with Crippen molar-refractivity contribution in [2.45, 2.75) is 24.0 Å². The molecule has 8 heteroatoms. The smallest absolute Gasteiger partial charge is 0.351 e. The Balaban J connectivity index is 2.42. The lowest BCUT2D eigenvalue weighted by Gasteiger charge is -2.25. The van der Waals surface area contributed by atoms with E-state index in [4.69, 9.17) is 10.5 Å². The molecule has 0 bridgehead atoms. The summed E-state index contributed by atoms with van der Waals surface area (Å²) in [6, 6.07) is 1.36. The maximum Gasteiger partial charge on any atom is 0.351 e. The van der Waals surface area contributed by atoms with Crippen LogP contribution in [0.5, 0.6) is 0 Å². The summed E-state index contributed by atoms with van der Waals surface area (Å²) in [4.78, 5) is 15.2. The maximum atomic E-state index is 11.7. The summed E-state index contributed by atoms with van der Waals surface area (Å²) < 4.78 is 6.38. The number of aliphatic hydroxyl groups is 3. The van der Waals surface area contributed by atoms with Crippen molar-refractivity contribution >= 4 is 5.82 Å². The molecule has 0 unspecified atom stereocenters. The van der Waals surface area contributed by atoms with Crippen LogP contribution in [0.25, 0.3) is 0 Å². The lowest BCUT2D eigenvalue weighted by atomic mass is 9.96. The van der Waals surface area contributed by atoms with E-state index >= 15 is 0 Å². The number of hydrogen-bond donors (Lipinski definition) is 4. The van der Waals surface area contributed by atoms with Crippen LogP contribution in [-0.2, 0) is 4.74 Å². The molecule has 4 atom stereocenters. The first kappa shape index (κ1) is 13.7. The van der Waals surface area contributed by atoms with Gasteiger partial charge in [0.15, 0.2) is 6.23 Å². The van der Waals surface area contributed by atoms with Crippen LogP contribution in [0.1, 0.15) is 6.23 Å². The molecule has 1 aliphatic rings. The van der Waals surface area contributed by atoms with E-state index in [1.807, 2.05) is 0 Å². The minimum Gasteiger partial charge on any atom is -0.393 e. The Hall–Kier alpha value is -1.74. The predicted molar refractivity (Wildman–Crippen MR) is 65.1 cm³/mol. The zero-order valence-electron chi connectivity index (χ0n) is 10.0. The molecule has 8 nitrogen and oxygen atoms in total. The quantitative estimate of drug-likeness (QED) is 0.466. The van der Waals surface area contributed by atoms with Gasteiger partial charge in [-0.15, -0.1) is 6.58 Å². The molecular formula is C11H15N3O5. The van der Waals surface area contributed by atoms with E-state index in [0.29, 0.717) is 0 Å². The van der Waals surface area contributed by atoms with Gasteiger partial charge in [0.1, 0.15) is 23.6 Å². The Morgan fingerprint density at radius 1 is 1.63 bits per heavy atom. The van der Waals surface area contributed by atoms with Gasteiger partial charge in [-0.3, -0.25) is 4.57 Å². The molecule has 0 aliphatic carbocycles. The minimum atomic E-state index is -1.52. The topological polar surface area (TPSA) is 131 Å². The van der Waals surface area contributed by atoms with Crippen molar-refractivity contribution in [3.05, 3.63) is 35.4 Å². The van der Waals surface area contributed by atoms with Crippen molar-refractivity contribution in [3.63, 3.8) is 0 Å². The molecule has 1 aromatic rings. The summed E-state index contributed by atoms with van der Waals surface area (Å²) in [7, 11) is 0. The van der Waals surface area contributed by atoms with E-state index in [-0.39, 0.29) is 5.82 Å². The molecule has 5 N–H and O–H groups in total. The number of ether oxygens (including phenoxy) is 1. The second-order valence-electron chi connectivity index (χ2n) is 4.30. The highest BCUT2D eigenvalue weighted by Gasteiger charge is 2.53. The number of anilines is 1. The standard InChI is InChI=1S/C11H15N3O5/c1-2-11(5-15)8(17)7(16)9(19-11)14-4-3-6(12)13-10(14)18/h2-4,7-9,15-17H,1,5H2,(H2,12,13,18)/t7-,8+,9-,11-/m1/s1. The van der Waals surface area contributed by atoms with Crippen LogP contribution < -0.4 is 11.4 Å². The zero-order valence-corrected chi connectivity index (χ0v) is 10.0. The Bertz CT molecular complexity index is 545. The highest BCUT2D eigenvalue weighted by atomic mass is 16.6. The normalized spacial score (nSPS) is 34.4. The van der Waals surface area contributed by atoms with Crippen LogP contribution in [0, 0.1) is 0 Å². The average molecular weight is 269 g/mol. The molecule has 104 valence electrons. The highest BCUT2D eigenvalue weighted by Crippen LogP contribution is 2.37. The molecule has 19 heavy (non-hydrogen) atoms. The van der Waals surface area contributed by atoms with E-state index in [1.54, 1.807) is 0 Å². The fraction of sp³-hybridized carbons (Fsp3) is 0.455. The summed E-state index contributed by atoms with van der Waals surface area (Å²) in [6.45, 7) is 2.88. The van der Waals surface area contributed by atoms with Crippen LogP contribution in [0.2, 0.25) is 0 Å². The van der Waals surface area contributed by atoms with E-state index in [9.17, 15) is 20.1 Å². The molecule has 1 fully saturated rings. The molecule has 1 aliphatic heterocycles. The molecule has 0 spiro atoms. The van der Waals surface area contributed by atoms with E-state index in [2.05, 4.69) is 11.6 Å². The Morgan fingerprint density at radius 2 is 2.32 bits per heavy atom. The van der Waals surface area contributed by atoms with Crippen molar-refractivity contribution in [3.8, 4) is 0 Å². The summed E-state index contributed by atoms with van der Waals surface area (Å²) >= 11 is 0. The van der Waals surface area contributed by atoms with Gasteiger partial charge >= 0.3 is 5.69 Å². The molecule has 2 heterocycles. The molecule has 0 aromatic carbocycles. The Morgan fingerprint density at radius 3 is 2.79 bits per heavy atom. The van der Waals surface area contributed by atoms with Crippen LogP contribution >= 0.6 is 0 Å². The fourth-order valence-electron chi connectivity index (χ4n) is 2.01. The molecular weight excluding hydrogens is 254 g/mol. The number of aliphatic hydroxyl groups excluding tert-OH is 3. The lowest BCUT2D eigenvalue weighted by molar-refractivity contribution is -0.0992. The predicted octanol–water partition coefficient (Wildman–Crippen LogP) is -2.01. The molecule has 1 aromatic heterocycles. The first-order valence-corrected chi connectivity index (χ1v) is 5.58. The number of nitrogens with zero attached hydrogens (tertiary/aromatic N) is 2. The largest absolute Gasteiger partial charge is 0.393 e. The second kappa shape index (κ2) is 4.74. The highest BCUT2D eigenvalue weighted by molar-refractivity contribution is 5.24. The fourth-order valence-corrected chi connectivity index (χ4v) is 2.01. The minimum absolute atomic E-state index is 0.0337. The first-order valence-electron chi connectivity index (χ1n) is 5.58. The van der Waals surface area contributed by atoms with Gasteiger partial charge in [-0.1, -0.05) is 6.08 Å². The van der Waals surface area contributed by atoms with Gasteiger partial charge in [-0.25, -0.2) is 4.79 Å². The van der Waals surface area contributed by atoms with Gasteiger partial charge in [-0.2, -0.15) is 4.98 Å². The molecule has 0 saturated carbocycles. The number of hydrogen-bond acceptors (Lipinski definition) is 7. The summed E-state index contributed by atoms with van der Waals surface area (Å²) in [5.74, 6) is 0.0337. The SMILES string of the molecule is C=C[C@]1(CO)O[C@@H](n2ccc(N)nc2=O)[C@H](O)[C@@H]1O. The molecule has 2 rings (SSSR count). The Kier molecular flexibility index (Phi) is 3.42. The summed E-state index contributed by atoms with van der Waals surface area (Å²) in [5.41, 5.74) is 3.11. The zero-order chi connectivity index (χ0) is 14.2. The van der Waals surface area contributed by atoms with Crippen LogP contribution in [0.3, 0.4) is 0 Å². The number of rotatable bonds is 3. The lowest BCUT2D eigenvalue weighted by Crippen LogP contribution is -2.44. The van der Waals surface area contributed by atoms with Crippen LogP contribution in [-0.4, -0.2) is 49.3 Å². The van der Waals surface area contributed by atoms with Crippen LogP contribution in [0.4, 0.5) is 5.82 Å². The van der Waals surface area contributed by atoms with Crippen molar-refractivity contribution in [1.82, 2.24) is 9.55 Å². The van der Waals surface area contributed by atoms with E-state index < -0.39 is 36.3 Å². The molecule has 0 radical (unpaired) electrons. The monoisotopic (exact) mass is 269 g/mol. The summed E-state index contributed by atoms with van der Waals surface area (Å²) in [5, 5.41) is 29.2. The van der Waals surface area contributed by atoms with Gasteiger partial charge in [-0.05, 0) is 6.07 Å². The van der Waals surface area contributed by atoms with Crippen molar-refractivity contribution in [2.75, 3.05) is 12.3 Å². The van der Waals surface area contributed by atoms with E-state index in [0.717, 1.165) is 4.57 Å². The number of aromatic nitrogens is 2. The third kappa shape index (κ3) is 2.04. The average Bonchev–Trinajstić information content (AvgIpc) is 2.64. The van der Waals surface area contributed by atoms with Crippen molar-refractivity contribution in [1.29, 1.82) is 0 Å². The van der Waals surface area contributed by atoms with Gasteiger partial charge < -0.3 is 25.8 Å². The Labute approximate surface area is 108 Å². The van der Waals surface area contributed by atoms with Crippen molar-refractivity contribution < 1.29 is 20.1 Å². The molecule has 1 saturated heterocycles. The maximum absolute atomic E-state index is 11.7. The van der Waals surface area contributed by atoms with E-state index in [1.165, 1.54) is 18.3 Å². The van der Waals surface area contributed by atoms with Gasteiger partial charge in [0.25, 0.3) is 0 Å². The first-order chi connectivity index (χ1) is 8.95. The van der Waals surface area contributed by atoms with Gasteiger partial charge in [0.2, 0.25) is 0 Å². The number of nitrogens with two attached hydrogens (primary N) is 1. The third-order valence-corrected chi connectivity index (χ3v) is 3.17. The second-order valence-corrected chi connectivity index (χ2v) is 4.30. The van der Waals surface area contributed by atoms with Gasteiger partial charge in [0.05, 0.1) is 6.61 Å². The third-order valence-electron chi connectivity index (χ3n) is 3.17. The van der Waals surface area contributed by atoms with Crippen LogP contribution in [0.15, 0.2) is 29.7 Å². The molecule has 0 amide bonds. The van der Waals surface area contributed by atoms with Crippen molar-refractivity contribution in [2.24, 2.45) is 0 Å². The van der Waals surface area contributed by atoms with Gasteiger partial charge in [0, 0.05) is 6.20 Å². The summed E-state index contributed by atoms with van der Waals surface area (Å²) in [6.07, 6.45) is -1.52. The number of nitrogen functional groups attached to an aromatic ring is 1.